The van der Waals surface area contributed by atoms with E-state index in [1.807, 2.05) is 30.3 Å². The fourth-order valence-corrected chi connectivity index (χ4v) is 4.03. The Morgan fingerprint density at radius 2 is 1.87 bits per heavy atom. The molecule has 3 rings (SSSR count). The number of carbonyl (C=O) groups is 1. The van der Waals surface area contributed by atoms with Crippen molar-refractivity contribution < 1.29 is 13.2 Å². The van der Waals surface area contributed by atoms with Crippen molar-refractivity contribution in [3.63, 3.8) is 0 Å². The number of aromatic nitrogens is 2. The predicted octanol–water partition coefficient (Wildman–Crippen LogP) is 1.14. The van der Waals surface area contributed by atoms with Crippen molar-refractivity contribution in [2.75, 3.05) is 16.8 Å². The molecule has 1 aromatic carbocycles. The van der Waals surface area contributed by atoms with Crippen LogP contribution in [-0.2, 0) is 9.84 Å². The molecule has 2 heterocycles. The maximum Gasteiger partial charge on any atom is 0.272 e. The molecule has 1 fully saturated rings. The van der Waals surface area contributed by atoms with Crippen LogP contribution in [0.4, 0.5) is 11.5 Å². The zero-order valence-corrected chi connectivity index (χ0v) is 13.1. The van der Waals surface area contributed by atoms with Crippen LogP contribution in [0.2, 0.25) is 0 Å². The second-order valence-electron chi connectivity index (χ2n) is 5.37. The van der Waals surface area contributed by atoms with Crippen molar-refractivity contribution >= 4 is 27.2 Å². The van der Waals surface area contributed by atoms with Gasteiger partial charge in [0.1, 0.15) is 0 Å². The van der Waals surface area contributed by atoms with Gasteiger partial charge in [0.2, 0.25) is 0 Å². The minimum absolute atomic E-state index is 0.0141. The van der Waals surface area contributed by atoms with E-state index >= 15 is 0 Å². The Balaban J connectivity index is 1.62. The van der Waals surface area contributed by atoms with Crippen molar-refractivity contribution in [3.8, 4) is 0 Å². The summed E-state index contributed by atoms with van der Waals surface area (Å²) in [6, 6.07) is 12.3. The summed E-state index contributed by atoms with van der Waals surface area (Å²) in [5, 5.41) is 13.6. The van der Waals surface area contributed by atoms with Gasteiger partial charge in [-0.15, -0.1) is 10.2 Å². The van der Waals surface area contributed by atoms with Gasteiger partial charge in [0.05, 0.1) is 11.5 Å². The third kappa shape index (κ3) is 4.04. The predicted molar refractivity (Wildman–Crippen MR) is 86.3 cm³/mol. The van der Waals surface area contributed by atoms with Crippen LogP contribution in [0.3, 0.4) is 0 Å². The highest BCUT2D eigenvalue weighted by molar-refractivity contribution is 7.91. The lowest BCUT2D eigenvalue weighted by Crippen LogP contribution is -2.36. The Morgan fingerprint density at radius 1 is 1.09 bits per heavy atom. The number of nitrogens with one attached hydrogen (secondary N) is 2. The Kier molecular flexibility index (Phi) is 4.24. The summed E-state index contributed by atoms with van der Waals surface area (Å²) in [6.07, 6.45) is 0.440. The molecule has 1 aliphatic rings. The largest absolute Gasteiger partial charge is 0.347 e. The van der Waals surface area contributed by atoms with Crippen molar-refractivity contribution in [2.45, 2.75) is 12.5 Å². The Bertz CT molecular complexity index is 791. The molecule has 1 saturated heterocycles. The van der Waals surface area contributed by atoms with Crippen molar-refractivity contribution in [1.82, 2.24) is 15.5 Å². The number of amides is 1. The Labute approximate surface area is 134 Å². The van der Waals surface area contributed by atoms with Crippen LogP contribution in [0, 0.1) is 0 Å². The molecule has 1 aromatic heterocycles. The van der Waals surface area contributed by atoms with Gasteiger partial charge in [0.15, 0.2) is 21.3 Å². The average Bonchev–Trinajstić information content (AvgIpc) is 2.88. The second kappa shape index (κ2) is 6.33. The third-order valence-electron chi connectivity index (χ3n) is 3.51. The quantitative estimate of drug-likeness (QED) is 0.870. The van der Waals surface area contributed by atoms with E-state index < -0.39 is 15.7 Å². The molecule has 120 valence electrons. The normalized spacial score (nSPS) is 19.2. The Morgan fingerprint density at radius 3 is 2.48 bits per heavy atom. The molecule has 0 radical (unpaired) electrons. The molecule has 8 heteroatoms. The van der Waals surface area contributed by atoms with Gasteiger partial charge in [-0.3, -0.25) is 4.79 Å². The number of carbonyl (C=O) groups excluding carboxylic acids is 1. The fourth-order valence-electron chi connectivity index (χ4n) is 2.36. The van der Waals surface area contributed by atoms with Crippen LogP contribution < -0.4 is 10.6 Å². The van der Waals surface area contributed by atoms with Crippen molar-refractivity contribution in [3.05, 3.63) is 48.2 Å². The minimum atomic E-state index is -3.03. The van der Waals surface area contributed by atoms with E-state index in [0.717, 1.165) is 5.69 Å². The molecule has 0 spiro atoms. The lowest BCUT2D eigenvalue weighted by atomic mass is 10.2. The van der Waals surface area contributed by atoms with E-state index in [1.165, 1.54) is 0 Å². The molecule has 0 aliphatic carbocycles. The smallest absolute Gasteiger partial charge is 0.272 e. The summed E-state index contributed by atoms with van der Waals surface area (Å²) in [5.74, 6) is 0.214. The van der Waals surface area contributed by atoms with E-state index in [2.05, 4.69) is 20.8 Å². The number of rotatable bonds is 4. The fraction of sp³-hybridized carbons (Fsp3) is 0.267. The molecule has 2 N–H and O–H groups in total. The van der Waals surface area contributed by atoms with Crippen LogP contribution in [0.1, 0.15) is 16.9 Å². The standard InChI is InChI=1S/C15H16N4O3S/c20-15(17-12-8-9-23(21,22)10-12)13-6-7-14(19-18-13)16-11-4-2-1-3-5-11/h1-7,12H,8-10H2,(H,16,19)(H,17,20). The molecule has 0 saturated carbocycles. The van der Waals surface area contributed by atoms with Crippen LogP contribution in [0.5, 0.6) is 0 Å². The minimum Gasteiger partial charge on any atom is -0.347 e. The molecule has 23 heavy (non-hydrogen) atoms. The van der Waals surface area contributed by atoms with Gasteiger partial charge in [-0.25, -0.2) is 8.42 Å². The highest BCUT2D eigenvalue weighted by Crippen LogP contribution is 2.14. The van der Waals surface area contributed by atoms with Crippen LogP contribution >= 0.6 is 0 Å². The highest BCUT2D eigenvalue weighted by Gasteiger charge is 2.29. The zero-order valence-electron chi connectivity index (χ0n) is 12.3. The number of hydrogen-bond acceptors (Lipinski definition) is 6. The number of benzene rings is 1. The van der Waals surface area contributed by atoms with Crippen LogP contribution in [0.25, 0.3) is 0 Å². The third-order valence-corrected chi connectivity index (χ3v) is 5.28. The Hall–Kier alpha value is -2.48. The summed E-state index contributed by atoms with van der Waals surface area (Å²) < 4.78 is 22.8. The average molecular weight is 332 g/mol. The molecular weight excluding hydrogens is 316 g/mol. The monoisotopic (exact) mass is 332 g/mol. The number of sulfone groups is 1. The first kappa shape index (κ1) is 15.4. The second-order valence-corrected chi connectivity index (χ2v) is 7.60. The van der Waals surface area contributed by atoms with Gasteiger partial charge < -0.3 is 10.6 Å². The summed E-state index contributed by atoms with van der Waals surface area (Å²) in [7, 11) is -3.03. The first-order valence-corrected chi connectivity index (χ1v) is 9.01. The van der Waals surface area contributed by atoms with Gasteiger partial charge in [0, 0.05) is 11.7 Å². The first-order valence-electron chi connectivity index (χ1n) is 7.19. The van der Waals surface area contributed by atoms with Gasteiger partial charge >= 0.3 is 0 Å². The van der Waals surface area contributed by atoms with Crippen molar-refractivity contribution in [1.29, 1.82) is 0 Å². The van der Waals surface area contributed by atoms with E-state index in [-0.39, 0.29) is 23.2 Å². The molecular formula is C15H16N4O3S. The number of nitrogens with zero attached hydrogens (tertiary/aromatic N) is 2. The molecule has 0 bridgehead atoms. The van der Waals surface area contributed by atoms with Gasteiger partial charge in [-0.2, -0.15) is 0 Å². The zero-order chi connectivity index (χ0) is 16.3. The molecule has 1 atom stereocenters. The van der Waals surface area contributed by atoms with E-state index in [4.69, 9.17) is 0 Å². The van der Waals surface area contributed by atoms with Gasteiger partial charge in [0.25, 0.3) is 5.91 Å². The SMILES string of the molecule is O=C(NC1CCS(=O)(=O)C1)c1ccc(Nc2ccccc2)nn1. The molecule has 2 aromatic rings. The van der Waals surface area contributed by atoms with Crippen molar-refractivity contribution in [2.24, 2.45) is 0 Å². The number of para-hydroxylation sites is 1. The van der Waals surface area contributed by atoms with E-state index in [9.17, 15) is 13.2 Å². The number of hydrogen-bond donors (Lipinski definition) is 2. The maximum absolute atomic E-state index is 12.1. The van der Waals surface area contributed by atoms with Crippen LogP contribution in [0.15, 0.2) is 42.5 Å². The molecule has 7 nitrogen and oxygen atoms in total. The summed E-state index contributed by atoms with van der Waals surface area (Å²) in [4.78, 5) is 12.1. The molecule has 1 unspecified atom stereocenters. The lowest BCUT2D eigenvalue weighted by molar-refractivity contribution is 0.0935. The summed E-state index contributed by atoms with van der Waals surface area (Å²) in [5.41, 5.74) is 1.03. The van der Waals surface area contributed by atoms with E-state index in [1.54, 1.807) is 12.1 Å². The highest BCUT2D eigenvalue weighted by atomic mass is 32.2. The topological polar surface area (TPSA) is 101 Å². The van der Waals surface area contributed by atoms with Gasteiger partial charge in [-0.1, -0.05) is 18.2 Å². The lowest BCUT2D eigenvalue weighted by Gasteiger charge is -2.10. The van der Waals surface area contributed by atoms with Gasteiger partial charge in [-0.05, 0) is 30.7 Å². The molecule has 1 amide bonds. The first-order chi connectivity index (χ1) is 11.0. The maximum atomic E-state index is 12.1. The molecule has 1 aliphatic heterocycles. The summed E-state index contributed by atoms with van der Waals surface area (Å²) >= 11 is 0. The van der Waals surface area contributed by atoms with E-state index in [0.29, 0.717) is 12.2 Å². The van der Waals surface area contributed by atoms with Crippen LogP contribution in [-0.4, -0.2) is 42.1 Å². The summed E-state index contributed by atoms with van der Waals surface area (Å²) in [6.45, 7) is 0. The number of anilines is 2.